The number of anilines is 1. The van der Waals surface area contributed by atoms with Crippen molar-refractivity contribution in [1.29, 1.82) is 0 Å². The number of para-hydroxylation sites is 1. The molecule has 9 nitrogen and oxygen atoms in total. The first-order chi connectivity index (χ1) is 17.6. The maximum absolute atomic E-state index is 15.8. The number of aliphatic hydroxyl groups excluding tert-OH is 1. The van der Waals surface area contributed by atoms with Gasteiger partial charge in [0.2, 0.25) is 8.41 Å². The van der Waals surface area contributed by atoms with Gasteiger partial charge in [0.15, 0.2) is 5.60 Å². The predicted molar refractivity (Wildman–Crippen MR) is 138 cm³/mol. The van der Waals surface area contributed by atoms with Gasteiger partial charge in [0.1, 0.15) is 0 Å². The van der Waals surface area contributed by atoms with E-state index in [1.165, 1.54) is 7.11 Å². The van der Waals surface area contributed by atoms with Gasteiger partial charge in [-0.3, -0.25) is 14.3 Å². The highest BCUT2D eigenvalue weighted by atomic mass is 28.4. The molecule has 202 valence electrons. The van der Waals surface area contributed by atoms with Crippen LogP contribution in [0.2, 0.25) is 18.6 Å². The van der Waals surface area contributed by atoms with Crippen LogP contribution in [0.1, 0.15) is 43.9 Å². The van der Waals surface area contributed by atoms with Crippen LogP contribution in [-0.4, -0.2) is 66.7 Å². The zero-order chi connectivity index (χ0) is 26.8. The predicted octanol–water partition coefficient (Wildman–Crippen LogP) is 3.37. The molecule has 2 aromatic rings. The zero-order valence-corrected chi connectivity index (χ0v) is 23.0. The van der Waals surface area contributed by atoms with Crippen LogP contribution in [0.15, 0.2) is 30.5 Å². The second kappa shape index (κ2) is 11.0. The minimum Gasteiger partial charge on any atom is -0.469 e. The molecular formula is C26H37FN4O5Si. The van der Waals surface area contributed by atoms with E-state index < -0.39 is 20.1 Å². The fourth-order valence-corrected chi connectivity index (χ4v) is 8.61. The Labute approximate surface area is 218 Å². The molecule has 37 heavy (non-hydrogen) atoms. The molecule has 3 heterocycles. The summed E-state index contributed by atoms with van der Waals surface area (Å²) in [5, 5.41) is 17.3. The molecule has 0 aliphatic carbocycles. The molecule has 0 radical (unpaired) electrons. The van der Waals surface area contributed by atoms with E-state index in [-0.39, 0.29) is 29.9 Å². The molecule has 1 saturated heterocycles. The third-order valence-corrected chi connectivity index (χ3v) is 10.2. The Morgan fingerprint density at radius 1 is 1.27 bits per heavy atom. The largest absolute Gasteiger partial charge is 0.469 e. The van der Waals surface area contributed by atoms with E-state index in [2.05, 4.69) is 10.3 Å². The molecule has 4 rings (SSSR count). The van der Waals surface area contributed by atoms with E-state index in [4.69, 9.17) is 14.6 Å². The summed E-state index contributed by atoms with van der Waals surface area (Å²) >= 11 is 0. The molecule has 0 bridgehead atoms. The minimum absolute atomic E-state index is 0.00507. The minimum atomic E-state index is -3.24. The second-order valence-corrected chi connectivity index (χ2v) is 14.3. The molecule has 0 saturated carbocycles. The number of aromatic nitrogens is 3. The molecule has 11 heteroatoms. The number of carbonyl (C=O) groups is 2. The number of nitrogens with zero attached hydrogens (tertiary/aromatic N) is 4. The van der Waals surface area contributed by atoms with Crippen molar-refractivity contribution in [2.24, 2.45) is 5.92 Å². The summed E-state index contributed by atoms with van der Waals surface area (Å²) in [6.45, 7) is 6.24. The van der Waals surface area contributed by atoms with Crippen LogP contribution in [0.4, 0.5) is 9.80 Å². The number of hydrogen-bond acceptors (Lipinski definition) is 7. The highest BCUT2D eigenvalue weighted by Gasteiger charge is 2.66. The molecule has 4 atom stereocenters. The lowest BCUT2D eigenvalue weighted by molar-refractivity contribution is -0.146. The van der Waals surface area contributed by atoms with Crippen molar-refractivity contribution in [1.82, 2.24) is 15.0 Å². The summed E-state index contributed by atoms with van der Waals surface area (Å²) in [4.78, 5) is 27.3. The van der Waals surface area contributed by atoms with Crippen LogP contribution in [0.3, 0.4) is 0 Å². The topological polar surface area (TPSA) is 107 Å². The number of ether oxygens (including phenoxy) is 2. The number of methoxy groups -OCH3 is 1. The van der Waals surface area contributed by atoms with Crippen LogP contribution in [0.5, 0.6) is 0 Å². The smallest absolute Gasteiger partial charge is 0.305 e. The van der Waals surface area contributed by atoms with E-state index in [1.54, 1.807) is 28.9 Å². The number of carbonyl (C=O) groups excluding carboxylic acids is 2. The summed E-state index contributed by atoms with van der Waals surface area (Å²) in [6.07, 6.45) is 3.78. The standard InChI is InChI=1S/C26H37FN4O5Si/c1-18-24(37(3,4)27)22(12-15-30-17-19(13-16-32)28-29-30)36-26(18)20-9-5-6-10-21(20)31(25(26)34)14-8-7-11-23(33)35-2/h5-6,9-10,17-18,22,24,32H,7-8,11-16H2,1-4H3/t18-,22+,24-,26+/m0/s1. The molecule has 2 aliphatic rings. The van der Waals surface area contributed by atoms with Crippen LogP contribution >= 0.6 is 0 Å². The van der Waals surface area contributed by atoms with Gasteiger partial charge in [0, 0.05) is 55.8 Å². The molecular weight excluding hydrogens is 495 g/mol. The van der Waals surface area contributed by atoms with E-state index >= 15 is 4.11 Å². The maximum Gasteiger partial charge on any atom is 0.305 e. The first-order valence-corrected chi connectivity index (χ1v) is 15.9. The zero-order valence-electron chi connectivity index (χ0n) is 22.0. The van der Waals surface area contributed by atoms with E-state index in [0.717, 1.165) is 11.3 Å². The summed E-state index contributed by atoms with van der Waals surface area (Å²) < 4.78 is 29.0. The lowest BCUT2D eigenvalue weighted by Crippen LogP contribution is -2.45. The van der Waals surface area contributed by atoms with Crippen molar-refractivity contribution in [3.8, 4) is 0 Å². The number of rotatable bonds is 11. The molecule has 0 unspecified atom stereocenters. The Morgan fingerprint density at radius 3 is 2.73 bits per heavy atom. The quantitative estimate of drug-likeness (QED) is 0.205. The van der Waals surface area contributed by atoms with Crippen LogP contribution in [-0.2, 0) is 37.6 Å². The van der Waals surface area contributed by atoms with E-state index in [0.29, 0.717) is 50.9 Å². The number of aliphatic hydroxyl groups is 1. The summed E-state index contributed by atoms with van der Waals surface area (Å²) in [7, 11) is -1.87. The van der Waals surface area contributed by atoms with Crippen molar-refractivity contribution in [3.05, 3.63) is 41.7 Å². The lowest BCUT2D eigenvalue weighted by Gasteiger charge is -2.31. The van der Waals surface area contributed by atoms with Crippen LogP contribution in [0, 0.1) is 5.92 Å². The lowest BCUT2D eigenvalue weighted by atomic mass is 9.82. The summed E-state index contributed by atoms with van der Waals surface area (Å²) in [6, 6.07) is 7.62. The Hall–Kier alpha value is -2.63. The Kier molecular flexibility index (Phi) is 8.15. The van der Waals surface area contributed by atoms with Gasteiger partial charge in [-0.25, -0.2) is 0 Å². The summed E-state index contributed by atoms with van der Waals surface area (Å²) in [5.74, 6) is -0.774. The average Bonchev–Trinajstić information content (AvgIpc) is 3.50. The van der Waals surface area contributed by atoms with Crippen molar-refractivity contribution < 1.29 is 28.3 Å². The molecule has 1 spiro atoms. The fraction of sp³-hybridized carbons (Fsp3) is 0.615. The molecule has 1 amide bonds. The number of halogens is 1. The molecule has 1 fully saturated rings. The van der Waals surface area contributed by atoms with Crippen molar-refractivity contribution in [2.45, 2.75) is 75.9 Å². The van der Waals surface area contributed by atoms with Crippen LogP contribution in [0.25, 0.3) is 0 Å². The molecule has 2 aliphatic heterocycles. The molecule has 1 aromatic heterocycles. The summed E-state index contributed by atoms with van der Waals surface area (Å²) in [5.41, 5.74) is 0.648. The third-order valence-electron chi connectivity index (χ3n) is 7.71. The number of aryl methyl sites for hydroxylation is 1. The van der Waals surface area contributed by atoms with Crippen molar-refractivity contribution in [2.75, 3.05) is 25.2 Å². The number of fused-ring (bicyclic) bond motifs is 2. The van der Waals surface area contributed by atoms with Crippen LogP contribution < -0.4 is 4.90 Å². The number of esters is 1. The maximum atomic E-state index is 15.8. The Morgan fingerprint density at radius 2 is 2.03 bits per heavy atom. The fourth-order valence-electron chi connectivity index (χ4n) is 6.07. The number of hydrogen-bond donors (Lipinski definition) is 1. The Bertz CT molecular complexity index is 1120. The SMILES string of the molecule is COC(=O)CCCCN1C(=O)[C@]2(O[C@H](CCn3cc(CCO)nn3)[C@@H]([Si](C)(C)F)[C@@H]2C)c2ccccc21. The Balaban J connectivity index is 1.58. The van der Waals surface area contributed by atoms with Gasteiger partial charge < -0.3 is 23.6 Å². The second-order valence-electron chi connectivity index (χ2n) is 10.5. The van der Waals surface area contributed by atoms with Gasteiger partial charge in [-0.1, -0.05) is 30.3 Å². The first-order valence-electron chi connectivity index (χ1n) is 13.0. The van der Waals surface area contributed by atoms with Gasteiger partial charge in [0.05, 0.1) is 24.6 Å². The monoisotopic (exact) mass is 532 g/mol. The van der Waals surface area contributed by atoms with Gasteiger partial charge in [-0.15, -0.1) is 5.10 Å². The normalized spacial score (nSPS) is 25.2. The third kappa shape index (κ3) is 5.21. The number of benzene rings is 1. The van der Waals surface area contributed by atoms with E-state index in [1.807, 2.05) is 31.2 Å². The average molecular weight is 533 g/mol. The van der Waals surface area contributed by atoms with Crippen molar-refractivity contribution in [3.63, 3.8) is 0 Å². The van der Waals surface area contributed by atoms with E-state index in [9.17, 15) is 9.59 Å². The molecule has 1 N–H and O–H groups in total. The number of amides is 1. The highest BCUT2D eigenvalue weighted by Crippen LogP contribution is 2.60. The van der Waals surface area contributed by atoms with Gasteiger partial charge in [-0.2, -0.15) is 0 Å². The van der Waals surface area contributed by atoms with Gasteiger partial charge in [-0.05, 0) is 38.4 Å². The van der Waals surface area contributed by atoms with Crippen molar-refractivity contribution >= 4 is 26.0 Å². The first kappa shape index (κ1) is 27.4. The number of unbranched alkanes of at least 4 members (excludes halogenated alkanes) is 1. The molecule has 1 aromatic carbocycles. The highest BCUT2D eigenvalue weighted by molar-refractivity contribution is 6.72. The van der Waals surface area contributed by atoms with Gasteiger partial charge in [0.25, 0.3) is 5.91 Å². The van der Waals surface area contributed by atoms with Gasteiger partial charge >= 0.3 is 5.97 Å².